The lowest BCUT2D eigenvalue weighted by atomic mass is 10.0. The second-order valence-electron chi connectivity index (χ2n) is 3.39. The van der Waals surface area contributed by atoms with Gasteiger partial charge in [0, 0.05) is 0 Å². The molecule has 0 amide bonds. The number of aliphatic carboxylic acids is 1. The monoisotopic (exact) mass is 206 g/mol. The van der Waals surface area contributed by atoms with E-state index in [0.717, 1.165) is 5.56 Å². The van der Waals surface area contributed by atoms with Gasteiger partial charge >= 0.3 is 5.97 Å². The summed E-state index contributed by atoms with van der Waals surface area (Å²) in [6.07, 6.45) is 2.25. The van der Waals surface area contributed by atoms with Crippen molar-refractivity contribution in [2.45, 2.75) is 13.0 Å². The Bertz CT molecular complexity index is 343. The standard InChI is InChI=1S/C12H14O3/c1-9(12(14)15)11(13)8-7-10-5-3-2-4-6-10/h2-9,11,13H,1H3,(H,14,15)/t9-,11+/m1/s1. The fraction of sp³-hybridized carbons (Fsp3) is 0.250. The Balaban J connectivity index is 2.62. The third-order valence-corrected chi connectivity index (χ3v) is 2.19. The number of carbonyl (C=O) groups is 1. The van der Waals surface area contributed by atoms with Crippen molar-refractivity contribution in [3.8, 4) is 0 Å². The summed E-state index contributed by atoms with van der Waals surface area (Å²) in [5.41, 5.74) is 0.939. The summed E-state index contributed by atoms with van der Waals surface area (Å²) >= 11 is 0. The molecule has 0 aliphatic carbocycles. The fourth-order valence-electron chi connectivity index (χ4n) is 1.09. The van der Waals surface area contributed by atoms with E-state index >= 15 is 0 Å². The molecule has 1 rings (SSSR count). The van der Waals surface area contributed by atoms with E-state index < -0.39 is 18.0 Å². The summed E-state index contributed by atoms with van der Waals surface area (Å²) in [7, 11) is 0. The Labute approximate surface area is 88.7 Å². The largest absolute Gasteiger partial charge is 0.481 e. The Morgan fingerprint density at radius 1 is 1.33 bits per heavy atom. The summed E-state index contributed by atoms with van der Waals surface area (Å²) < 4.78 is 0. The van der Waals surface area contributed by atoms with E-state index in [1.807, 2.05) is 30.3 Å². The van der Waals surface area contributed by atoms with Gasteiger partial charge < -0.3 is 10.2 Å². The molecule has 2 atom stereocenters. The summed E-state index contributed by atoms with van der Waals surface area (Å²) in [6, 6.07) is 9.43. The zero-order valence-corrected chi connectivity index (χ0v) is 8.50. The first-order valence-electron chi connectivity index (χ1n) is 4.75. The highest BCUT2D eigenvalue weighted by Gasteiger charge is 2.18. The van der Waals surface area contributed by atoms with Crippen LogP contribution in [0.15, 0.2) is 36.4 Å². The number of hydrogen-bond donors (Lipinski definition) is 2. The second kappa shape index (κ2) is 5.32. The molecule has 0 bridgehead atoms. The summed E-state index contributed by atoms with van der Waals surface area (Å²) in [4.78, 5) is 10.6. The molecule has 0 aromatic heterocycles. The number of aliphatic hydroxyl groups excluding tert-OH is 1. The van der Waals surface area contributed by atoms with E-state index in [1.54, 1.807) is 6.08 Å². The highest BCUT2D eigenvalue weighted by Crippen LogP contribution is 2.08. The Morgan fingerprint density at radius 2 is 1.93 bits per heavy atom. The fourth-order valence-corrected chi connectivity index (χ4v) is 1.09. The van der Waals surface area contributed by atoms with Crippen LogP contribution in [0.2, 0.25) is 0 Å². The van der Waals surface area contributed by atoms with Gasteiger partial charge in [0.25, 0.3) is 0 Å². The van der Waals surface area contributed by atoms with Crippen LogP contribution in [-0.2, 0) is 4.79 Å². The van der Waals surface area contributed by atoms with Gasteiger partial charge in [-0.1, -0.05) is 42.5 Å². The molecule has 0 saturated heterocycles. The third kappa shape index (κ3) is 3.56. The van der Waals surface area contributed by atoms with E-state index in [-0.39, 0.29) is 0 Å². The molecule has 1 aromatic carbocycles. The first-order chi connectivity index (χ1) is 7.11. The molecular weight excluding hydrogens is 192 g/mol. The SMILES string of the molecule is C[C@@H](C(=O)O)[C@@H](O)C=Cc1ccccc1. The number of hydrogen-bond acceptors (Lipinski definition) is 2. The Morgan fingerprint density at radius 3 is 2.47 bits per heavy atom. The van der Waals surface area contributed by atoms with Crippen LogP contribution in [0.5, 0.6) is 0 Å². The lowest BCUT2D eigenvalue weighted by Crippen LogP contribution is -2.23. The summed E-state index contributed by atoms with van der Waals surface area (Å²) in [6.45, 7) is 1.47. The summed E-state index contributed by atoms with van der Waals surface area (Å²) in [5.74, 6) is -1.79. The van der Waals surface area contributed by atoms with Gasteiger partial charge in [0.2, 0.25) is 0 Å². The molecule has 0 spiro atoms. The van der Waals surface area contributed by atoms with Crippen LogP contribution in [0, 0.1) is 5.92 Å². The van der Waals surface area contributed by atoms with Gasteiger partial charge in [-0.25, -0.2) is 0 Å². The Kier molecular flexibility index (Phi) is 4.06. The predicted octanol–water partition coefficient (Wildman–Crippen LogP) is 1.78. The van der Waals surface area contributed by atoms with Crippen LogP contribution >= 0.6 is 0 Å². The first-order valence-corrected chi connectivity index (χ1v) is 4.75. The van der Waals surface area contributed by atoms with E-state index in [0.29, 0.717) is 0 Å². The highest BCUT2D eigenvalue weighted by atomic mass is 16.4. The van der Waals surface area contributed by atoms with Gasteiger partial charge in [0.05, 0.1) is 12.0 Å². The van der Waals surface area contributed by atoms with Crippen molar-refractivity contribution >= 4 is 12.0 Å². The molecule has 80 valence electrons. The van der Waals surface area contributed by atoms with Crippen LogP contribution in [0.1, 0.15) is 12.5 Å². The maximum absolute atomic E-state index is 10.6. The van der Waals surface area contributed by atoms with Gasteiger partial charge in [-0.2, -0.15) is 0 Å². The quantitative estimate of drug-likeness (QED) is 0.789. The van der Waals surface area contributed by atoms with Gasteiger partial charge in [-0.05, 0) is 12.5 Å². The number of aliphatic hydroxyl groups is 1. The molecule has 0 saturated carbocycles. The average Bonchev–Trinajstić information content (AvgIpc) is 2.26. The molecular formula is C12H14O3. The molecule has 0 unspecified atom stereocenters. The lowest BCUT2D eigenvalue weighted by molar-refractivity contribution is -0.143. The number of rotatable bonds is 4. The molecule has 1 aromatic rings. The van der Waals surface area contributed by atoms with E-state index in [1.165, 1.54) is 13.0 Å². The minimum Gasteiger partial charge on any atom is -0.481 e. The van der Waals surface area contributed by atoms with Crippen LogP contribution in [0.25, 0.3) is 6.08 Å². The van der Waals surface area contributed by atoms with E-state index in [9.17, 15) is 9.90 Å². The van der Waals surface area contributed by atoms with Crippen LogP contribution in [0.3, 0.4) is 0 Å². The zero-order valence-electron chi connectivity index (χ0n) is 8.50. The van der Waals surface area contributed by atoms with E-state index in [2.05, 4.69) is 0 Å². The minimum absolute atomic E-state index is 0.787. The van der Waals surface area contributed by atoms with Gasteiger partial charge in [-0.15, -0.1) is 0 Å². The van der Waals surface area contributed by atoms with Gasteiger partial charge in [-0.3, -0.25) is 4.79 Å². The second-order valence-corrected chi connectivity index (χ2v) is 3.39. The summed E-state index contributed by atoms with van der Waals surface area (Å²) in [5, 5.41) is 18.1. The van der Waals surface area contributed by atoms with Crippen molar-refractivity contribution in [3.05, 3.63) is 42.0 Å². The van der Waals surface area contributed by atoms with Crippen molar-refractivity contribution in [2.75, 3.05) is 0 Å². The molecule has 0 aliphatic heterocycles. The smallest absolute Gasteiger partial charge is 0.309 e. The lowest BCUT2D eigenvalue weighted by Gasteiger charge is -2.09. The highest BCUT2D eigenvalue weighted by molar-refractivity contribution is 5.71. The predicted molar refractivity (Wildman–Crippen MR) is 58.3 cm³/mol. The molecule has 0 radical (unpaired) electrons. The van der Waals surface area contributed by atoms with Crippen LogP contribution < -0.4 is 0 Å². The topological polar surface area (TPSA) is 57.5 Å². The molecule has 3 nitrogen and oxygen atoms in total. The number of carboxylic acids is 1. The molecule has 0 aliphatic rings. The first kappa shape index (κ1) is 11.5. The maximum atomic E-state index is 10.6. The molecule has 0 fully saturated rings. The van der Waals surface area contributed by atoms with Crippen molar-refractivity contribution in [1.29, 1.82) is 0 Å². The zero-order chi connectivity index (χ0) is 11.3. The normalized spacial score (nSPS) is 15.1. The number of carboxylic acid groups (broad SMARTS) is 1. The molecule has 2 N–H and O–H groups in total. The van der Waals surface area contributed by atoms with Gasteiger partial charge in [0.1, 0.15) is 0 Å². The minimum atomic E-state index is -1.000. The van der Waals surface area contributed by atoms with Crippen LogP contribution in [0.4, 0.5) is 0 Å². The van der Waals surface area contributed by atoms with Gasteiger partial charge in [0.15, 0.2) is 0 Å². The number of benzene rings is 1. The maximum Gasteiger partial charge on any atom is 0.309 e. The molecule has 15 heavy (non-hydrogen) atoms. The van der Waals surface area contributed by atoms with Crippen molar-refractivity contribution < 1.29 is 15.0 Å². The van der Waals surface area contributed by atoms with Crippen molar-refractivity contribution in [1.82, 2.24) is 0 Å². The third-order valence-electron chi connectivity index (χ3n) is 2.19. The van der Waals surface area contributed by atoms with Crippen molar-refractivity contribution in [3.63, 3.8) is 0 Å². The Hall–Kier alpha value is -1.61. The van der Waals surface area contributed by atoms with E-state index in [4.69, 9.17) is 5.11 Å². The van der Waals surface area contributed by atoms with Crippen LogP contribution in [-0.4, -0.2) is 22.3 Å². The van der Waals surface area contributed by atoms with Crippen molar-refractivity contribution in [2.24, 2.45) is 5.92 Å². The average molecular weight is 206 g/mol. The molecule has 0 heterocycles. The molecule has 3 heteroatoms.